The van der Waals surface area contributed by atoms with Crippen LogP contribution >= 0.6 is 0 Å². The molecule has 0 spiro atoms. The third-order valence-electron chi connectivity index (χ3n) is 5.01. The zero-order valence-electron chi connectivity index (χ0n) is 16.2. The average Bonchev–Trinajstić information content (AvgIpc) is 3.12. The van der Waals surface area contributed by atoms with E-state index in [9.17, 15) is 4.79 Å². The van der Waals surface area contributed by atoms with Crippen molar-refractivity contribution in [2.24, 2.45) is 0 Å². The predicted octanol–water partition coefficient (Wildman–Crippen LogP) is 3.19. The lowest BCUT2D eigenvalue weighted by Gasteiger charge is -2.23. The van der Waals surface area contributed by atoms with Gasteiger partial charge in [0.05, 0.1) is 5.56 Å². The topological polar surface area (TPSA) is 87.5 Å². The molecule has 8 heteroatoms. The highest BCUT2D eigenvalue weighted by atomic mass is 16.1. The summed E-state index contributed by atoms with van der Waals surface area (Å²) in [5, 5.41) is 10.8. The molecule has 0 bridgehead atoms. The number of nitrogens with zero attached hydrogens (tertiary/aromatic N) is 5. The van der Waals surface area contributed by atoms with E-state index in [2.05, 4.69) is 25.7 Å². The van der Waals surface area contributed by atoms with Gasteiger partial charge in [-0.1, -0.05) is 25.3 Å². The molecule has 1 amide bonds. The fourth-order valence-electron chi connectivity index (χ4n) is 3.48. The molecule has 28 heavy (non-hydrogen) atoms. The third-order valence-corrected chi connectivity index (χ3v) is 5.01. The summed E-state index contributed by atoms with van der Waals surface area (Å²) in [6.07, 6.45) is 7.72. The van der Waals surface area contributed by atoms with E-state index in [1.807, 2.05) is 37.2 Å². The van der Waals surface area contributed by atoms with Gasteiger partial charge in [-0.2, -0.15) is 9.50 Å². The molecule has 1 aliphatic carbocycles. The summed E-state index contributed by atoms with van der Waals surface area (Å²) in [5.74, 6) is 1.69. The van der Waals surface area contributed by atoms with E-state index >= 15 is 0 Å². The van der Waals surface area contributed by atoms with E-state index in [-0.39, 0.29) is 11.9 Å². The molecule has 1 fully saturated rings. The molecular formula is C20H25N7O. The molecule has 0 aromatic carbocycles. The summed E-state index contributed by atoms with van der Waals surface area (Å²) >= 11 is 0. The largest absolute Gasteiger partial charge is 0.367 e. The zero-order valence-corrected chi connectivity index (χ0v) is 16.2. The van der Waals surface area contributed by atoms with E-state index in [1.54, 1.807) is 22.8 Å². The van der Waals surface area contributed by atoms with Crippen molar-refractivity contribution in [2.45, 2.75) is 38.1 Å². The first-order valence-corrected chi connectivity index (χ1v) is 9.67. The summed E-state index contributed by atoms with van der Waals surface area (Å²) < 4.78 is 1.75. The van der Waals surface area contributed by atoms with E-state index in [0.29, 0.717) is 17.3 Å². The van der Waals surface area contributed by atoms with Gasteiger partial charge < -0.3 is 10.2 Å². The molecule has 1 saturated carbocycles. The van der Waals surface area contributed by atoms with Crippen molar-refractivity contribution in [2.75, 3.05) is 29.6 Å². The van der Waals surface area contributed by atoms with Crippen LogP contribution in [0.1, 0.15) is 42.5 Å². The number of nitrogens with one attached hydrogen (secondary N) is 2. The van der Waals surface area contributed by atoms with Crippen LogP contribution in [0.25, 0.3) is 5.65 Å². The number of carbonyl (C=O) groups is 1. The van der Waals surface area contributed by atoms with Crippen LogP contribution in [0, 0.1) is 0 Å². The number of hydrogen-bond acceptors (Lipinski definition) is 6. The minimum absolute atomic E-state index is 0.277. The summed E-state index contributed by atoms with van der Waals surface area (Å²) in [6.45, 7) is 0. The Bertz CT molecular complexity index is 958. The second-order valence-corrected chi connectivity index (χ2v) is 7.35. The second kappa shape index (κ2) is 7.84. The van der Waals surface area contributed by atoms with Crippen molar-refractivity contribution in [1.82, 2.24) is 19.6 Å². The Labute approximate surface area is 164 Å². The lowest BCUT2D eigenvalue weighted by Crippen LogP contribution is -2.23. The molecule has 0 atom stereocenters. The Balaban J connectivity index is 1.51. The standard InChI is InChI=1S/C20H25N7O/c1-26(2)16-12-11-14(13-21-16)19(28)24-20-23-18-10-6-9-17(27(18)25-20)22-15-7-4-3-5-8-15/h6,9-13,15,22H,3-5,7-8H2,1-2H3,(H,24,25,28). The molecule has 0 aliphatic heterocycles. The molecule has 0 radical (unpaired) electrons. The average molecular weight is 379 g/mol. The maximum Gasteiger partial charge on any atom is 0.259 e. The Morgan fingerprint density at radius 3 is 2.68 bits per heavy atom. The van der Waals surface area contributed by atoms with Crippen LogP contribution in [0.2, 0.25) is 0 Å². The summed E-state index contributed by atoms with van der Waals surface area (Å²) in [4.78, 5) is 23.1. The Kier molecular flexibility index (Phi) is 5.10. The quantitative estimate of drug-likeness (QED) is 0.708. The maximum atomic E-state index is 12.5. The van der Waals surface area contributed by atoms with Gasteiger partial charge in [0.1, 0.15) is 11.6 Å². The molecule has 8 nitrogen and oxygen atoms in total. The van der Waals surface area contributed by atoms with Gasteiger partial charge in [-0.15, -0.1) is 5.10 Å². The molecule has 3 aromatic rings. The Morgan fingerprint density at radius 1 is 1.14 bits per heavy atom. The van der Waals surface area contributed by atoms with Gasteiger partial charge in [0.15, 0.2) is 5.65 Å². The highest BCUT2D eigenvalue weighted by Gasteiger charge is 2.16. The number of fused-ring (bicyclic) bond motifs is 1. The minimum Gasteiger partial charge on any atom is -0.367 e. The fourth-order valence-corrected chi connectivity index (χ4v) is 3.48. The first-order chi connectivity index (χ1) is 13.6. The van der Waals surface area contributed by atoms with Gasteiger partial charge in [0, 0.05) is 26.3 Å². The number of aromatic nitrogens is 4. The lowest BCUT2D eigenvalue weighted by molar-refractivity contribution is 0.102. The van der Waals surface area contributed by atoms with Gasteiger partial charge in [0.25, 0.3) is 5.91 Å². The molecule has 1 aliphatic rings. The van der Waals surface area contributed by atoms with Crippen molar-refractivity contribution < 1.29 is 4.79 Å². The van der Waals surface area contributed by atoms with Crippen molar-refractivity contribution in [3.8, 4) is 0 Å². The van der Waals surface area contributed by atoms with Crippen LogP contribution in [0.3, 0.4) is 0 Å². The smallest absolute Gasteiger partial charge is 0.259 e. The van der Waals surface area contributed by atoms with Crippen molar-refractivity contribution in [1.29, 1.82) is 0 Å². The fraction of sp³-hybridized carbons (Fsp3) is 0.400. The second-order valence-electron chi connectivity index (χ2n) is 7.35. The number of carbonyl (C=O) groups excluding carboxylic acids is 1. The number of hydrogen-bond donors (Lipinski definition) is 2. The number of anilines is 3. The van der Waals surface area contributed by atoms with Crippen molar-refractivity contribution >= 4 is 29.1 Å². The molecule has 4 rings (SSSR count). The number of pyridine rings is 2. The molecule has 2 N–H and O–H groups in total. The van der Waals surface area contributed by atoms with Crippen LogP contribution < -0.4 is 15.5 Å². The SMILES string of the molecule is CN(C)c1ccc(C(=O)Nc2nc3cccc(NC4CCCCC4)n3n2)cn1. The first kappa shape index (κ1) is 18.2. The van der Waals surface area contributed by atoms with E-state index in [4.69, 9.17) is 0 Å². The Hall–Kier alpha value is -3.16. The molecule has 146 valence electrons. The first-order valence-electron chi connectivity index (χ1n) is 9.67. The number of rotatable bonds is 5. The molecule has 0 saturated heterocycles. The van der Waals surface area contributed by atoms with Crippen LogP contribution in [0.4, 0.5) is 17.6 Å². The zero-order chi connectivity index (χ0) is 19.5. The maximum absolute atomic E-state index is 12.5. The lowest BCUT2D eigenvalue weighted by atomic mass is 9.95. The predicted molar refractivity (Wildman–Crippen MR) is 110 cm³/mol. The normalized spacial score (nSPS) is 14.8. The molecule has 0 unspecified atom stereocenters. The third kappa shape index (κ3) is 3.90. The summed E-state index contributed by atoms with van der Waals surface area (Å²) in [5.41, 5.74) is 1.15. The highest BCUT2D eigenvalue weighted by molar-refractivity contribution is 6.03. The van der Waals surface area contributed by atoms with Gasteiger partial charge >= 0.3 is 0 Å². The monoisotopic (exact) mass is 379 g/mol. The molecule has 3 aromatic heterocycles. The van der Waals surface area contributed by atoms with Gasteiger partial charge in [-0.25, -0.2) is 4.98 Å². The summed E-state index contributed by atoms with van der Waals surface area (Å²) in [7, 11) is 3.81. The van der Waals surface area contributed by atoms with Gasteiger partial charge in [-0.3, -0.25) is 10.1 Å². The van der Waals surface area contributed by atoms with Crippen LogP contribution in [-0.2, 0) is 0 Å². The van der Waals surface area contributed by atoms with E-state index < -0.39 is 0 Å². The summed E-state index contributed by atoms with van der Waals surface area (Å²) in [6, 6.07) is 9.82. The van der Waals surface area contributed by atoms with Crippen LogP contribution in [-0.4, -0.2) is 45.6 Å². The van der Waals surface area contributed by atoms with Gasteiger partial charge in [-0.05, 0) is 37.1 Å². The molecule has 3 heterocycles. The molecular weight excluding hydrogens is 354 g/mol. The van der Waals surface area contributed by atoms with E-state index in [1.165, 1.54) is 32.1 Å². The van der Waals surface area contributed by atoms with Crippen molar-refractivity contribution in [3.05, 3.63) is 42.1 Å². The minimum atomic E-state index is -0.282. The van der Waals surface area contributed by atoms with Gasteiger partial charge in [0.2, 0.25) is 5.95 Å². The number of amides is 1. The highest BCUT2D eigenvalue weighted by Crippen LogP contribution is 2.22. The van der Waals surface area contributed by atoms with Crippen LogP contribution in [0.15, 0.2) is 36.5 Å². The van der Waals surface area contributed by atoms with Crippen molar-refractivity contribution in [3.63, 3.8) is 0 Å². The van der Waals surface area contributed by atoms with E-state index in [0.717, 1.165) is 11.6 Å². The van der Waals surface area contributed by atoms with Crippen LogP contribution in [0.5, 0.6) is 0 Å². The Morgan fingerprint density at radius 2 is 1.96 bits per heavy atom.